The minimum Gasteiger partial charge on any atom is -0.474 e. The monoisotopic (exact) mass is 339 g/mol. The zero-order valence-electron chi connectivity index (χ0n) is 14.9. The molecule has 1 saturated heterocycles. The van der Waals surface area contributed by atoms with Crippen molar-refractivity contribution in [1.29, 1.82) is 0 Å². The molecule has 1 aromatic heterocycles. The van der Waals surface area contributed by atoms with Gasteiger partial charge in [-0.25, -0.2) is 4.98 Å². The van der Waals surface area contributed by atoms with Crippen molar-refractivity contribution >= 4 is 5.91 Å². The SMILES string of the molecule is Cc1cccc(CCC(=O)N2CCC(Oc3ccnc(C)n3)CC2)c1. The van der Waals surface area contributed by atoms with Crippen LogP contribution in [0.15, 0.2) is 36.5 Å². The van der Waals surface area contributed by atoms with Gasteiger partial charge in [0, 0.05) is 44.6 Å². The largest absolute Gasteiger partial charge is 0.474 e. The van der Waals surface area contributed by atoms with Crippen molar-refractivity contribution in [3.05, 3.63) is 53.5 Å². The van der Waals surface area contributed by atoms with Gasteiger partial charge in [-0.3, -0.25) is 4.79 Å². The summed E-state index contributed by atoms with van der Waals surface area (Å²) in [7, 11) is 0. The summed E-state index contributed by atoms with van der Waals surface area (Å²) in [6.07, 6.45) is 4.90. The second-order valence-corrected chi connectivity index (χ2v) is 6.63. The number of aromatic nitrogens is 2. The summed E-state index contributed by atoms with van der Waals surface area (Å²) in [5.41, 5.74) is 2.47. The predicted molar refractivity (Wildman–Crippen MR) is 96.5 cm³/mol. The van der Waals surface area contributed by atoms with Crippen molar-refractivity contribution in [2.75, 3.05) is 13.1 Å². The van der Waals surface area contributed by atoms with Crippen LogP contribution in [0.5, 0.6) is 5.88 Å². The van der Waals surface area contributed by atoms with E-state index in [2.05, 4.69) is 35.1 Å². The topological polar surface area (TPSA) is 55.3 Å². The van der Waals surface area contributed by atoms with Gasteiger partial charge >= 0.3 is 0 Å². The van der Waals surface area contributed by atoms with E-state index in [0.29, 0.717) is 18.1 Å². The molecule has 2 aromatic rings. The standard InChI is InChI=1S/C20H25N3O2/c1-15-4-3-5-17(14-15)6-7-20(24)23-12-9-18(10-13-23)25-19-8-11-21-16(2)22-19/h3-5,8,11,14,18H,6-7,9-10,12-13H2,1-2H3. The molecule has 5 heteroatoms. The molecule has 0 aliphatic carbocycles. The molecule has 0 N–H and O–H groups in total. The average Bonchev–Trinajstić information content (AvgIpc) is 2.60. The van der Waals surface area contributed by atoms with Crippen LogP contribution >= 0.6 is 0 Å². The highest BCUT2D eigenvalue weighted by Crippen LogP contribution is 2.18. The first-order valence-electron chi connectivity index (χ1n) is 8.90. The number of nitrogens with zero attached hydrogens (tertiary/aromatic N) is 3. The van der Waals surface area contributed by atoms with Crippen LogP contribution in [0.4, 0.5) is 0 Å². The lowest BCUT2D eigenvalue weighted by Crippen LogP contribution is -2.41. The Hall–Kier alpha value is -2.43. The number of carbonyl (C=O) groups excluding carboxylic acids is 1. The number of benzene rings is 1. The molecule has 132 valence electrons. The third kappa shape index (κ3) is 5.02. The summed E-state index contributed by atoms with van der Waals surface area (Å²) in [6, 6.07) is 10.1. The smallest absolute Gasteiger partial charge is 0.222 e. The van der Waals surface area contributed by atoms with E-state index in [0.717, 1.165) is 32.4 Å². The molecule has 5 nitrogen and oxygen atoms in total. The number of piperidine rings is 1. The van der Waals surface area contributed by atoms with Crippen LogP contribution in [0.2, 0.25) is 0 Å². The molecule has 0 radical (unpaired) electrons. The van der Waals surface area contributed by atoms with Crippen molar-refractivity contribution in [3.63, 3.8) is 0 Å². The third-order valence-electron chi connectivity index (χ3n) is 4.54. The molecular formula is C20H25N3O2. The maximum absolute atomic E-state index is 12.4. The Morgan fingerprint density at radius 1 is 1.24 bits per heavy atom. The molecule has 0 spiro atoms. The van der Waals surface area contributed by atoms with Crippen LogP contribution < -0.4 is 4.74 Å². The molecule has 1 fully saturated rings. The molecule has 25 heavy (non-hydrogen) atoms. The van der Waals surface area contributed by atoms with Crippen LogP contribution in [-0.2, 0) is 11.2 Å². The van der Waals surface area contributed by atoms with Gasteiger partial charge in [-0.05, 0) is 25.8 Å². The Morgan fingerprint density at radius 2 is 2.04 bits per heavy atom. The number of aryl methyl sites for hydroxylation is 3. The summed E-state index contributed by atoms with van der Waals surface area (Å²) in [5, 5.41) is 0. The first-order chi connectivity index (χ1) is 12.1. The van der Waals surface area contributed by atoms with Crippen LogP contribution in [0, 0.1) is 13.8 Å². The third-order valence-corrected chi connectivity index (χ3v) is 4.54. The summed E-state index contributed by atoms with van der Waals surface area (Å²) in [4.78, 5) is 22.7. The second-order valence-electron chi connectivity index (χ2n) is 6.63. The van der Waals surface area contributed by atoms with Crippen LogP contribution in [0.3, 0.4) is 0 Å². The Bertz CT molecular complexity index is 724. The average molecular weight is 339 g/mol. The van der Waals surface area contributed by atoms with Gasteiger partial charge < -0.3 is 9.64 Å². The van der Waals surface area contributed by atoms with Gasteiger partial charge in [-0.1, -0.05) is 29.8 Å². The first-order valence-corrected chi connectivity index (χ1v) is 8.90. The molecule has 0 bridgehead atoms. The van der Waals surface area contributed by atoms with Gasteiger partial charge in [-0.15, -0.1) is 0 Å². The molecule has 0 saturated carbocycles. The lowest BCUT2D eigenvalue weighted by atomic mass is 10.0. The quantitative estimate of drug-likeness (QED) is 0.840. The number of amides is 1. The maximum atomic E-state index is 12.4. The van der Waals surface area contributed by atoms with E-state index in [1.54, 1.807) is 12.3 Å². The van der Waals surface area contributed by atoms with E-state index in [9.17, 15) is 4.79 Å². The van der Waals surface area contributed by atoms with Crippen molar-refractivity contribution < 1.29 is 9.53 Å². The number of carbonyl (C=O) groups is 1. The van der Waals surface area contributed by atoms with E-state index in [1.807, 2.05) is 17.9 Å². The number of hydrogen-bond acceptors (Lipinski definition) is 4. The maximum Gasteiger partial charge on any atom is 0.222 e. The van der Waals surface area contributed by atoms with E-state index in [1.165, 1.54) is 11.1 Å². The zero-order valence-corrected chi connectivity index (χ0v) is 14.9. The van der Waals surface area contributed by atoms with Gasteiger partial charge in [0.25, 0.3) is 0 Å². The Morgan fingerprint density at radius 3 is 2.76 bits per heavy atom. The van der Waals surface area contributed by atoms with Gasteiger partial charge in [0.15, 0.2) is 0 Å². The van der Waals surface area contributed by atoms with E-state index in [-0.39, 0.29) is 12.0 Å². The van der Waals surface area contributed by atoms with Gasteiger partial charge in [0.1, 0.15) is 11.9 Å². The molecule has 2 heterocycles. The number of rotatable bonds is 5. The lowest BCUT2D eigenvalue weighted by Gasteiger charge is -2.32. The summed E-state index contributed by atoms with van der Waals surface area (Å²) >= 11 is 0. The highest BCUT2D eigenvalue weighted by molar-refractivity contribution is 5.76. The van der Waals surface area contributed by atoms with E-state index < -0.39 is 0 Å². The Labute approximate surface area is 149 Å². The Balaban J connectivity index is 1.44. The number of ether oxygens (including phenoxy) is 1. The fourth-order valence-electron chi connectivity index (χ4n) is 3.17. The molecular weight excluding hydrogens is 314 g/mol. The molecule has 0 unspecified atom stereocenters. The van der Waals surface area contributed by atoms with E-state index >= 15 is 0 Å². The minimum atomic E-state index is 0.120. The molecule has 1 aliphatic rings. The minimum absolute atomic E-state index is 0.120. The van der Waals surface area contributed by atoms with Crippen LogP contribution in [0.1, 0.15) is 36.2 Å². The van der Waals surface area contributed by atoms with E-state index in [4.69, 9.17) is 4.74 Å². The lowest BCUT2D eigenvalue weighted by molar-refractivity contribution is -0.132. The summed E-state index contributed by atoms with van der Waals surface area (Å²) in [5.74, 6) is 1.57. The summed E-state index contributed by atoms with van der Waals surface area (Å²) < 4.78 is 5.92. The highest BCUT2D eigenvalue weighted by Gasteiger charge is 2.24. The fraction of sp³-hybridized carbons (Fsp3) is 0.450. The fourth-order valence-corrected chi connectivity index (χ4v) is 3.17. The number of likely N-dealkylation sites (tertiary alicyclic amines) is 1. The van der Waals surface area contributed by atoms with Gasteiger partial charge in [0.05, 0.1) is 0 Å². The molecule has 1 amide bonds. The molecule has 0 atom stereocenters. The van der Waals surface area contributed by atoms with Crippen molar-refractivity contribution in [2.24, 2.45) is 0 Å². The molecule has 1 aromatic carbocycles. The van der Waals surface area contributed by atoms with Crippen LogP contribution in [0.25, 0.3) is 0 Å². The predicted octanol–water partition coefficient (Wildman–Crippen LogP) is 3.10. The van der Waals surface area contributed by atoms with Gasteiger partial charge in [0.2, 0.25) is 11.8 Å². The van der Waals surface area contributed by atoms with Crippen molar-refractivity contribution in [3.8, 4) is 5.88 Å². The number of hydrogen-bond donors (Lipinski definition) is 0. The summed E-state index contributed by atoms with van der Waals surface area (Å²) in [6.45, 7) is 5.43. The van der Waals surface area contributed by atoms with Crippen molar-refractivity contribution in [2.45, 2.75) is 45.6 Å². The van der Waals surface area contributed by atoms with Crippen molar-refractivity contribution in [1.82, 2.24) is 14.9 Å². The molecule has 1 aliphatic heterocycles. The molecule has 3 rings (SSSR count). The second kappa shape index (κ2) is 8.10. The Kier molecular flexibility index (Phi) is 5.64. The van der Waals surface area contributed by atoms with Gasteiger partial charge in [-0.2, -0.15) is 4.98 Å². The van der Waals surface area contributed by atoms with Crippen LogP contribution in [-0.4, -0.2) is 40.0 Å². The zero-order chi connectivity index (χ0) is 17.6. The highest BCUT2D eigenvalue weighted by atomic mass is 16.5. The normalized spacial score (nSPS) is 15.2. The first kappa shape index (κ1) is 17.4.